The predicted molar refractivity (Wildman–Crippen MR) is 292 cm³/mol. The van der Waals surface area contributed by atoms with Gasteiger partial charge < -0.3 is 14.0 Å². The van der Waals surface area contributed by atoms with E-state index in [1.165, 1.54) is 16.3 Å². The van der Waals surface area contributed by atoms with E-state index in [9.17, 15) is 0 Å². The zero-order valence-corrected chi connectivity index (χ0v) is 44.2. The molecule has 3 heterocycles. The SMILES string of the molecule is CC(C)(C)c1cc(-c2ccccc2)c(-n2c(-c3[c-]ccc4c3oc3ccccc34)nc3ccccc32)c(-c2ccccc2)c1.[2H]C(C)(Cc1ccccc1)c1cc(-c2[c-]cccc2)ncc1[Si](C)(C)C.[Ir]. The number of imidazole rings is 1. The third-order valence-corrected chi connectivity index (χ3v) is 15.0. The molecule has 1 unspecified atom stereocenters. The summed E-state index contributed by atoms with van der Waals surface area (Å²) in [6, 6.07) is 73.9. The zero-order valence-electron chi connectivity index (χ0n) is 41.8. The molecule has 349 valence electrons. The van der Waals surface area contributed by atoms with E-state index in [2.05, 4.69) is 185 Å². The molecule has 0 fully saturated rings. The smallest absolute Gasteiger partial charge is 0.120 e. The van der Waals surface area contributed by atoms with Gasteiger partial charge in [-0.05, 0) is 81.2 Å². The van der Waals surface area contributed by atoms with E-state index >= 15 is 0 Å². The first-order valence-electron chi connectivity index (χ1n) is 24.4. The standard InChI is InChI=1S/C41H31N2O.C23H26NSi.Ir/c1-41(2,3)29-25-33(27-15-6-4-7-16-27)38(34(26-29)28-17-8-5-9-18-28)43-36-23-12-11-22-35(36)42-40(43)32-21-14-20-31-30-19-10-13-24-37(30)44-39(31)32;1-18(15-19-11-7-5-8-12-19)21-16-22(20-13-9-6-10-14-20)24-17-23(21)25(2,3)4;/h4-20,22-26H,1-3H3;5-13,16-18H,15H2,1-4H3;/q2*-1;/i;18D;. The number of benzene rings is 8. The second-order valence-corrected chi connectivity index (χ2v) is 25.0. The van der Waals surface area contributed by atoms with Crippen molar-refractivity contribution >= 4 is 46.2 Å². The van der Waals surface area contributed by atoms with E-state index < -0.39 is 14.0 Å². The third-order valence-electron chi connectivity index (χ3n) is 13.0. The van der Waals surface area contributed by atoms with Gasteiger partial charge in [-0.25, -0.2) is 0 Å². The van der Waals surface area contributed by atoms with Crippen molar-refractivity contribution in [1.82, 2.24) is 14.5 Å². The molecule has 0 amide bonds. The average molecular weight is 1110 g/mol. The van der Waals surface area contributed by atoms with E-state index in [-0.39, 0.29) is 25.5 Å². The second kappa shape index (κ2) is 20.2. The normalized spacial score (nSPS) is 12.8. The first-order valence-corrected chi connectivity index (χ1v) is 27.4. The number of hydrogen-bond donors (Lipinski definition) is 0. The van der Waals surface area contributed by atoms with Crippen LogP contribution in [-0.4, -0.2) is 22.6 Å². The average Bonchev–Trinajstić information content (AvgIpc) is 3.95. The van der Waals surface area contributed by atoms with Crippen molar-refractivity contribution in [1.29, 1.82) is 0 Å². The molecule has 0 bridgehead atoms. The number of nitrogens with zero attached hydrogens (tertiary/aromatic N) is 3. The molecule has 0 N–H and O–H groups in total. The van der Waals surface area contributed by atoms with Crippen LogP contribution in [0.2, 0.25) is 19.6 Å². The van der Waals surface area contributed by atoms with E-state index in [0.717, 1.165) is 89.1 Å². The minimum atomic E-state index is -1.62. The number of furan rings is 1. The Morgan fingerprint density at radius 2 is 1.29 bits per heavy atom. The molecule has 11 rings (SSSR count). The van der Waals surface area contributed by atoms with E-state index in [1.54, 1.807) is 0 Å². The topological polar surface area (TPSA) is 43.9 Å². The monoisotopic (exact) mass is 1110 g/mol. The third kappa shape index (κ3) is 9.78. The summed E-state index contributed by atoms with van der Waals surface area (Å²) >= 11 is 0. The summed E-state index contributed by atoms with van der Waals surface area (Å²) in [6.07, 6.45) is 2.70. The molecule has 0 aliphatic heterocycles. The molecule has 70 heavy (non-hydrogen) atoms. The minimum absolute atomic E-state index is 0. The Balaban J connectivity index is 0.000000198. The maximum atomic E-state index is 9.17. The second-order valence-electron chi connectivity index (χ2n) is 19.9. The molecule has 0 spiro atoms. The van der Waals surface area contributed by atoms with Crippen molar-refractivity contribution in [3.05, 3.63) is 229 Å². The molecular weight excluding hydrogens is 1050 g/mol. The molecule has 0 aliphatic carbocycles. The molecule has 4 nitrogen and oxygen atoms in total. The first kappa shape index (κ1) is 46.8. The van der Waals surface area contributed by atoms with Crippen LogP contribution < -0.4 is 5.19 Å². The summed E-state index contributed by atoms with van der Waals surface area (Å²) in [5.74, 6) is 0.0948. The van der Waals surface area contributed by atoms with Crippen LogP contribution in [0.5, 0.6) is 0 Å². The van der Waals surface area contributed by atoms with Gasteiger partial charge in [-0.2, -0.15) is 0 Å². The van der Waals surface area contributed by atoms with Gasteiger partial charge in [0.05, 0.1) is 36.2 Å². The number of fused-ring (bicyclic) bond motifs is 4. The van der Waals surface area contributed by atoms with Gasteiger partial charge in [0.2, 0.25) is 0 Å². The zero-order chi connectivity index (χ0) is 48.6. The van der Waals surface area contributed by atoms with Gasteiger partial charge in [0, 0.05) is 44.2 Å². The van der Waals surface area contributed by atoms with Gasteiger partial charge in [-0.3, -0.25) is 4.98 Å². The van der Waals surface area contributed by atoms with Crippen LogP contribution in [0.25, 0.3) is 83.6 Å². The molecule has 0 saturated carbocycles. The number of para-hydroxylation sites is 3. The van der Waals surface area contributed by atoms with Crippen molar-refractivity contribution in [3.63, 3.8) is 0 Å². The van der Waals surface area contributed by atoms with Crippen LogP contribution in [0.4, 0.5) is 0 Å². The molecule has 11 aromatic rings. The summed E-state index contributed by atoms with van der Waals surface area (Å²) in [5, 5.41) is 3.41. The summed E-state index contributed by atoms with van der Waals surface area (Å²) in [7, 11) is -1.62. The van der Waals surface area contributed by atoms with Crippen LogP contribution in [0.3, 0.4) is 0 Å². The molecule has 3 aromatic heterocycles. The Kier molecular flexibility index (Phi) is 13.5. The quantitative estimate of drug-likeness (QED) is 0.107. The van der Waals surface area contributed by atoms with Crippen molar-refractivity contribution < 1.29 is 25.9 Å². The minimum Gasteiger partial charge on any atom is -0.501 e. The molecule has 0 aliphatic rings. The Bertz CT molecular complexity index is 3550. The maximum absolute atomic E-state index is 9.17. The van der Waals surface area contributed by atoms with Crippen LogP contribution in [-0.2, 0) is 31.9 Å². The molecule has 6 heteroatoms. The van der Waals surface area contributed by atoms with Crippen molar-refractivity contribution in [2.24, 2.45) is 0 Å². The summed E-state index contributed by atoms with van der Waals surface area (Å²) in [5.41, 5.74) is 15.5. The number of aromatic nitrogens is 3. The Labute approximate surface area is 428 Å². The number of hydrogen-bond acceptors (Lipinski definition) is 3. The molecule has 1 radical (unpaired) electrons. The Morgan fingerprint density at radius 1 is 0.671 bits per heavy atom. The van der Waals surface area contributed by atoms with Crippen molar-refractivity contribution in [3.8, 4) is 50.6 Å². The van der Waals surface area contributed by atoms with Gasteiger partial charge in [-0.15, -0.1) is 54.1 Å². The summed E-state index contributed by atoms with van der Waals surface area (Å²) < 4.78 is 18.0. The molecule has 0 saturated heterocycles. The van der Waals surface area contributed by atoms with E-state index in [1.807, 2.05) is 79.9 Å². The Morgan fingerprint density at radius 3 is 1.93 bits per heavy atom. The van der Waals surface area contributed by atoms with E-state index in [0.29, 0.717) is 6.42 Å². The maximum Gasteiger partial charge on any atom is 0.120 e. The fraction of sp³-hybridized carbons (Fsp3) is 0.156. The van der Waals surface area contributed by atoms with E-state index in [4.69, 9.17) is 15.8 Å². The van der Waals surface area contributed by atoms with Crippen LogP contribution in [0, 0.1) is 12.1 Å². The Hall–Kier alpha value is -6.95. The van der Waals surface area contributed by atoms with Gasteiger partial charge >= 0.3 is 0 Å². The number of rotatable bonds is 9. The molecule has 8 aromatic carbocycles. The summed E-state index contributed by atoms with van der Waals surface area (Å²) in [4.78, 5) is 10.0. The number of pyridine rings is 1. The van der Waals surface area contributed by atoms with Crippen LogP contribution in [0.1, 0.15) is 51.7 Å². The van der Waals surface area contributed by atoms with Gasteiger partial charge in [-0.1, -0.05) is 191 Å². The van der Waals surface area contributed by atoms with Crippen LogP contribution in [0.15, 0.2) is 205 Å². The predicted octanol–water partition coefficient (Wildman–Crippen LogP) is 16.5. The first-order chi connectivity index (χ1) is 33.7. The van der Waals surface area contributed by atoms with Gasteiger partial charge in [0.1, 0.15) is 5.58 Å². The van der Waals surface area contributed by atoms with Crippen molar-refractivity contribution in [2.45, 2.75) is 65.1 Å². The molecular formula is C64H57IrN3OSi-2. The molecule has 1 atom stereocenters. The van der Waals surface area contributed by atoms with Crippen molar-refractivity contribution in [2.75, 3.05) is 0 Å². The van der Waals surface area contributed by atoms with Gasteiger partial charge in [0.15, 0.2) is 0 Å². The van der Waals surface area contributed by atoms with Crippen LogP contribution >= 0.6 is 0 Å². The fourth-order valence-corrected chi connectivity index (χ4v) is 10.9. The van der Waals surface area contributed by atoms with Gasteiger partial charge in [0.25, 0.3) is 0 Å². The fourth-order valence-electron chi connectivity index (χ4n) is 9.36. The summed E-state index contributed by atoms with van der Waals surface area (Å²) in [6.45, 7) is 15.8. The largest absolute Gasteiger partial charge is 0.501 e.